The predicted molar refractivity (Wildman–Crippen MR) is 108 cm³/mol. The highest BCUT2D eigenvalue weighted by Crippen LogP contribution is 2.35. The lowest BCUT2D eigenvalue weighted by Gasteiger charge is -2.10. The van der Waals surface area contributed by atoms with Crippen LogP contribution in [0.5, 0.6) is 11.5 Å². The summed E-state index contributed by atoms with van der Waals surface area (Å²) < 4.78 is 11.1. The number of phenolic OH excluding ortho intramolecular Hbond substituents is 1. The summed E-state index contributed by atoms with van der Waals surface area (Å²) >= 11 is 0. The van der Waals surface area contributed by atoms with Gasteiger partial charge in [-0.15, -0.1) is 0 Å². The number of hydrogen-bond donors (Lipinski definition) is 1. The fourth-order valence-corrected chi connectivity index (χ4v) is 3.12. The van der Waals surface area contributed by atoms with Crippen LogP contribution < -0.4 is 10.2 Å². The van der Waals surface area contributed by atoms with Crippen molar-refractivity contribution in [1.29, 1.82) is 0 Å². The molecule has 0 aliphatic carbocycles. The summed E-state index contributed by atoms with van der Waals surface area (Å²) in [5, 5.41) is 10.3. The van der Waals surface area contributed by atoms with E-state index in [0.29, 0.717) is 11.1 Å². The van der Waals surface area contributed by atoms with Crippen LogP contribution >= 0.6 is 0 Å². The Morgan fingerprint density at radius 3 is 2.48 bits per heavy atom. The van der Waals surface area contributed by atoms with Crippen LogP contribution in [0.4, 0.5) is 0 Å². The summed E-state index contributed by atoms with van der Waals surface area (Å²) in [7, 11) is 5.61. The topological polar surface area (TPSA) is 62.9 Å². The molecule has 142 valence electrons. The smallest absolute Gasteiger partial charge is 0.204 e. The first-order valence-corrected chi connectivity index (χ1v) is 9.07. The molecule has 1 N–H and O–H groups in total. The van der Waals surface area contributed by atoms with E-state index in [4.69, 9.17) is 9.15 Å². The van der Waals surface area contributed by atoms with Crippen molar-refractivity contribution in [3.63, 3.8) is 0 Å². The van der Waals surface area contributed by atoms with Crippen LogP contribution in [0.15, 0.2) is 51.7 Å². The summed E-state index contributed by atoms with van der Waals surface area (Å²) in [4.78, 5) is 14.6. The Morgan fingerprint density at radius 1 is 1.07 bits per heavy atom. The third-order valence-corrected chi connectivity index (χ3v) is 4.59. The van der Waals surface area contributed by atoms with Crippen molar-refractivity contribution in [2.45, 2.75) is 19.3 Å². The fourth-order valence-electron chi connectivity index (χ4n) is 3.12. The van der Waals surface area contributed by atoms with E-state index in [0.717, 1.165) is 31.4 Å². The molecule has 27 heavy (non-hydrogen) atoms. The number of nitrogens with zero attached hydrogens (tertiary/aromatic N) is 1. The van der Waals surface area contributed by atoms with Crippen molar-refractivity contribution < 1.29 is 14.3 Å². The van der Waals surface area contributed by atoms with Crippen molar-refractivity contribution in [1.82, 2.24) is 4.90 Å². The van der Waals surface area contributed by atoms with Crippen LogP contribution in [-0.4, -0.2) is 37.8 Å². The quantitative estimate of drug-likeness (QED) is 0.638. The van der Waals surface area contributed by atoms with Gasteiger partial charge in [-0.1, -0.05) is 24.3 Å². The minimum atomic E-state index is -0.169. The number of benzene rings is 2. The molecule has 0 aliphatic rings. The zero-order valence-corrected chi connectivity index (χ0v) is 16.0. The Kier molecular flexibility index (Phi) is 5.81. The molecule has 3 aromatic rings. The lowest BCUT2D eigenvalue weighted by Crippen LogP contribution is -2.12. The maximum absolute atomic E-state index is 12.4. The van der Waals surface area contributed by atoms with E-state index in [2.05, 4.69) is 31.1 Å². The number of aryl methyl sites for hydroxylation is 1. The molecule has 0 aliphatic heterocycles. The number of phenols is 1. The summed E-state index contributed by atoms with van der Waals surface area (Å²) in [6, 6.07) is 12.5. The first-order valence-electron chi connectivity index (χ1n) is 9.07. The molecule has 0 bridgehead atoms. The number of fused-ring (bicyclic) bond motifs is 1. The molecule has 0 radical (unpaired) electrons. The van der Waals surface area contributed by atoms with Gasteiger partial charge in [0, 0.05) is 11.6 Å². The number of unbranched alkanes of at least 4 members (excludes halogenated alkanes) is 1. The van der Waals surface area contributed by atoms with Gasteiger partial charge in [-0.2, -0.15) is 0 Å². The Hall–Kier alpha value is -2.79. The maximum atomic E-state index is 12.4. The molecule has 0 saturated carbocycles. The van der Waals surface area contributed by atoms with Crippen molar-refractivity contribution >= 4 is 11.0 Å². The maximum Gasteiger partial charge on any atom is 0.204 e. The van der Waals surface area contributed by atoms with Gasteiger partial charge in [-0.25, -0.2) is 0 Å². The summed E-state index contributed by atoms with van der Waals surface area (Å²) in [6.07, 6.45) is 3.33. The summed E-state index contributed by atoms with van der Waals surface area (Å²) in [5.74, 6) is 0.567. The van der Waals surface area contributed by atoms with Gasteiger partial charge in [0.1, 0.15) is 5.76 Å². The third-order valence-electron chi connectivity index (χ3n) is 4.59. The lowest BCUT2D eigenvalue weighted by molar-refractivity contribution is 0.371. The van der Waals surface area contributed by atoms with E-state index in [1.807, 2.05) is 12.1 Å². The van der Waals surface area contributed by atoms with Gasteiger partial charge in [0.15, 0.2) is 16.8 Å². The molecule has 0 saturated heterocycles. The minimum Gasteiger partial charge on any atom is -0.504 e. The zero-order chi connectivity index (χ0) is 19.4. The monoisotopic (exact) mass is 367 g/mol. The first-order chi connectivity index (χ1) is 13.0. The highest BCUT2D eigenvalue weighted by atomic mass is 16.5. The van der Waals surface area contributed by atoms with Gasteiger partial charge in [-0.05, 0) is 57.6 Å². The Morgan fingerprint density at radius 2 is 1.81 bits per heavy atom. The van der Waals surface area contributed by atoms with Crippen LogP contribution in [0.2, 0.25) is 0 Å². The van der Waals surface area contributed by atoms with E-state index in [-0.39, 0.29) is 22.5 Å². The van der Waals surface area contributed by atoms with E-state index in [1.165, 1.54) is 24.8 Å². The molecule has 0 fully saturated rings. The third kappa shape index (κ3) is 4.31. The van der Waals surface area contributed by atoms with Gasteiger partial charge in [0.25, 0.3) is 0 Å². The molecular weight excluding hydrogens is 342 g/mol. The van der Waals surface area contributed by atoms with Crippen molar-refractivity contribution in [2.75, 3.05) is 27.7 Å². The lowest BCUT2D eigenvalue weighted by atomic mass is 10.0. The van der Waals surface area contributed by atoms with E-state index < -0.39 is 0 Å². The SMILES string of the molecule is COc1c(O)ccc2c(=O)cc(-c3ccc(CCCCN(C)C)cc3)oc12. The molecule has 5 nitrogen and oxygen atoms in total. The van der Waals surface area contributed by atoms with Gasteiger partial charge < -0.3 is 19.2 Å². The summed E-state index contributed by atoms with van der Waals surface area (Å²) in [5.41, 5.74) is 2.16. The summed E-state index contributed by atoms with van der Waals surface area (Å²) in [6.45, 7) is 1.09. The number of rotatable bonds is 7. The minimum absolute atomic E-state index is 0.0571. The van der Waals surface area contributed by atoms with Gasteiger partial charge >= 0.3 is 0 Å². The van der Waals surface area contributed by atoms with E-state index >= 15 is 0 Å². The number of aromatic hydroxyl groups is 1. The Bertz CT molecular complexity index is 974. The van der Waals surface area contributed by atoms with Gasteiger partial charge in [0.2, 0.25) is 5.75 Å². The number of methoxy groups -OCH3 is 1. The van der Waals surface area contributed by atoms with Crippen LogP contribution in [0.3, 0.4) is 0 Å². The molecule has 0 unspecified atom stereocenters. The molecule has 0 atom stereocenters. The molecule has 5 heteroatoms. The molecule has 2 aromatic carbocycles. The highest BCUT2D eigenvalue weighted by Gasteiger charge is 2.14. The average molecular weight is 367 g/mol. The molecule has 3 rings (SSSR count). The molecular formula is C22H25NO4. The molecule has 1 aromatic heterocycles. The fraction of sp³-hybridized carbons (Fsp3) is 0.318. The van der Waals surface area contributed by atoms with E-state index in [1.54, 1.807) is 6.07 Å². The van der Waals surface area contributed by atoms with Crippen LogP contribution in [0.25, 0.3) is 22.3 Å². The molecule has 0 spiro atoms. The van der Waals surface area contributed by atoms with Crippen LogP contribution in [-0.2, 0) is 6.42 Å². The molecule has 1 heterocycles. The second-order valence-electron chi connectivity index (χ2n) is 6.93. The predicted octanol–water partition coefficient (Wildman–Crippen LogP) is 4.06. The normalized spacial score (nSPS) is 11.3. The largest absolute Gasteiger partial charge is 0.504 e. The van der Waals surface area contributed by atoms with Crippen molar-refractivity contribution in [2.24, 2.45) is 0 Å². The molecule has 0 amide bonds. The Balaban J connectivity index is 1.86. The second-order valence-corrected chi connectivity index (χ2v) is 6.93. The van der Waals surface area contributed by atoms with Crippen LogP contribution in [0, 0.1) is 0 Å². The van der Waals surface area contributed by atoms with Crippen molar-refractivity contribution in [3.8, 4) is 22.8 Å². The highest BCUT2D eigenvalue weighted by molar-refractivity contribution is 5.86. The number of ether oxygens (including phenoxy) is 1. The number of hydrogen-bond acceptors (Lipinski definition) is 5. The first kappa shape index (κ1) is 19.0. The Labute approximate surface area is 158 Å². The second kappa shape index (κ2) is 8.27. The van der Waals surface area contributed by atoms with Gasteiger partial charge in [-0.3, -0.25) is 4.79 Å². The average Bonchev–Trinajstić information content (AvgIpc) is 2.65. The van der Waals surface area contributed by atoms with Crippen LogP contribution in [0.1, 0.15) is 18.4 Å². The van der Waals surface area contributed by atoms with Crippen molar-refractivity contribution in [3.05, 3.63) is 58.3 Å². The van der Waals surface area contributed by atoms with Gasteiger partial charge in [0.05, 0.1) is 12.5 Å². The standard InChI is InChI=1S/C22H25NO4/c1-23(2)13-5-4-6-15-7-9-16(10-8-15)20-14-19(25)17-11-12-18(24)22(26-3)21(17)27-20/h7-12,14,24H,4-6,13H2,1-3H3. The zero-order valence-electron chi connectivity index (χ0n) is 16.0. The van der Waals surface area contributed by atoms with E-state index in [9.17, 15) is 9.90 Å².